The summed E-state index contributed by atoms with van der Waals surface area (Å²) in [4.78, 5) is 54.6. The van der Waals surface area contributed by atoms with Crippen LogP contribution in [-0.2, 0) is 20.5 Å². The van der Waals surface area contributed by atoms with Crippen LogP contribution in [0.4, 0.5) is 16.2 Å². The van der Waals surface area contributed by atoms with Crippen molar-refractivity contribution in [2.75, 3.05) is 43.3 Å². The van der Waals surface area contributed by atoms with Gasteiger partial charge in [-0.1, -0.05) is 41.9 Å². The number of nitrogens with one attached hydrogen (secondary N) is 2. The monoisotopic (exact) mass is 883 g/mol. The molecule has 0 aromatic heterocycles. The second kappa shape index (κ2) is 21.4. The fourth-order valence-electron chi connectivity index (χ4n) is 7.57. The summed E-state index contributed by atoms with van der Waals surface area (Å²) in [7, 11) is -0.910. The van der Waals surface area contributed by atoms with Gasteiger partial charge in [-0.2, -0.15) is 0 Å². The van der Waals surface area contributed by atoms with Crippen LogP contribution in [0.2, 0.25) is 5.02 Å². The SMILES string of the molecule is CC(=O)N1c2ccc(-c3ccc(C(=O)NC(C)(C)CCOP(C)CNC(=O)c4ccc(C5CCCN(C(=O)OC(C)(C)C)C5)cc4)cc3)cc2CC[C@@H]1C.Nc1ccc(Cl)cc1. The van der Waals surface area contributed by atoms with Gasteiger partial charge in [-0.15, -0.1) is 0 Å². The highest BCUT2D eigenvalue weighted by Gasteiger charge is 2.29. The van der Waals surface area contributed by atoms with E-state index in [4.69, 9.17) is 26.6 Å². The molecule has 0 aliphatic carbocycles. The van der Waals surface area contributed by atoms with E-state index in [0.29, 0.717) is 43.5 Å². The molecular weight excluding hydrogens is 821 g/mol. The van der Waals surface area contributed by atoms with Gasteiger partial charge >= 0.3 is 6.09 Å². The molecule has 4 N–H and O–H groups in total. The topological polar surface area (TPSA) is 143 Å². The van der Waals surface area contributed by atoms with Gasteiger partial charge in [0, 0.05) is 73.2 Å². The number of benzene rings is 4. The molecule has 332 valence electrons. The molecule has 0 saturated carbocycles. The van der Waals surface area contributed by atoms with E-state index >= 15 is 0 Å². The van der Waals surface area contributed by atoms with Gasteiger partial charge in [-0.25, -0.2) is 4.79 Å². The molecule has 2 aliphatic heterocycles. The molecule has 2 aliphatic rings. The van der Waals surface area contributed by atoms with Gasteiger partial charge in [0.15, 0.2) is 0 Å². The first-order valence-electron chi connectivity index (χ1n) is 21.4. The molecule has 1 saturated heterocycles. The zero-order valence-corrected chi connectivity index (χ0v) is 39.1. The molecule has 1 fully saturated rings. The van der Waals surface area contributed by atoms with Crippen LogP contribution >= 0.6 is 19.7 Å². The Bertz CT molecular complexity index is 2140. The fourth-order valence-corrected chi connectivity index (χ4v) is 8.55. The average molecular weight is 884 g/mol. The van der Waals surface area contributed by atoms with Crippen molar-refractivity contribution in [2.24, 2.45) is 0 Å². The Morgan fingerprint density at radius 3 is 2.11 bits per heavy atom. The van der Waals surface area contributed by atoms with E-state index in [-0.39, 0.29) is 35.8 Å². The van der Waals surface area contributed by atoms with Crippen molar-refractivity contribution in [3.8, 4) is 11.1 Å². The lowest BCUT2D eigenvalue weighted by molar-refractivity contribution is -0.117. The summed E-state index contributed by atoms with van der Waals surface area (Å²) in [6.07, 6.45) is 4.50. The number of nitrogens with zero attached hydrogens (tertiary/aromatic N) is 2. The van der Waals surface area contributed by atoms with Crippen LogP contribution in [0.15, 0.2) is 91.0 Å². The summed E-state index contributed by atoms with van der Waals surface area (Å²) in [6, 6.07) is 28.7. The second-order valence-corrected chi connectivity index (χ2v) is 20.1. The van der Waals surface area contributed by atoms with Gasteiger partial charge in [0.05, 0.1) is 12.9 Å². The van der Waals surface area contributed by atoms with Gasteiger partial charge < -0.3 is 35.4 Å². The Kier molecular flexibility index (Phi) is 16.6. The lowest BCUT2D eigenvalue weighted by Gasteiger charge is -2.34. The molecule has 3 atom stereocenters. The summed E-state index contributed by atoms with van der Waals surface area (Å²) in [5, 5.41) is 6.85. The molecule has 62 heavy (non-hydrogen) atoms. The van der Waals surface area contributed by atoms with Crippen LogP contribution in [0.5, 0.6) is 0 Å². The highest BCUT2D eigenvalue weighted by molar-refractivity contribution is 7.51. The average Bonchev–Trinajstić information content (AvgIpc) is 3.23. The maximum atomic E-state index is 13.2. The van der Waals surface area contributed by atoms with Crippen molar-refractivity contribution >= 4 is 54.9 Å². The summed E-state index contributed by atoms with van der Waals surface area (Å²) in [5.41, 5.74) is 11.6. The molecule has 0 radical (unpaired) electrons. The second-order valence-electron chi connectivity index (χ2n) is 17.8. The number of piperidine rings is 1. The minimum Gasteiger partial charge on any atom is -0.444 e. The number of likely N-dealkylation sites (tertiary alicyclic amines) is 1. The molecule has 0 bridgehead atoms. The number of nitrogen functional groups attached to an aromatic ring is 1. The number of amides is 4. The maximum Gasteiger partial charge on any atom is 0.410 e. The minimum atomic E-state index is -0.910. The summed E-state index contributed by atoms with van der Waals surface area (Å²) < 4.78 is 11.6. The first-order chi connectivity index (χ1) is 29.3. The molecule has 4 aromatic rings. The van der Waals surface area contributed by atoms with E-state index in [2.05, 4.69) is 23.6 Å². The first-order valence-corrected chi connectivity index (χ1v) is 23.6. The van der Waals surface area contributed by atoms with E-state index in [1.54, 1.807) is 36.1 Å². The number of carbonyl (C=O) groups is 4. The summed E-state index contributed by atoms with van der Waals surface area (Å²) in [5.74, 6) is -0.0417. The van der Waals surface area contributed by atoms with E-state index in [1.807, 2.05) is 107 Å². The Labute approximate surface area is 373 Å². The minimum absolute atomic E-state index is 0.0609. The van der Waals surface area contributed by atoms with Crippen LogP contribution < -0.4 is 21.3 Å². The molecule has 0 spiro atoms. The Morgan fingerprint density at radius 1 is 0.855 bits per heavy atom. The molecule has 2 heterocycles. The largest absolute Gasteiger partial charge is 0.444 e. The van der Waals surface area contributed by atoms with Crippen LogP contribution in [0.25, 0.3) is 11.1 Å². The number of rotatable bonds is 11. The number of ether oxygens (including phenoxy) is 1. The lowest BCUT2D eigenvalue weighted by Crippen LogP contribution is -2.44. The van der Waals surface area contributed by atoms with Crippen LogP contribution in [0.3, 0.4) is 0 Å². The van der Waals surface area contributed by atoms with Crippen molar-refractivity contribution in [1.29, 1.82) is 0 Å². The van der Waals surface area contributed by atoms with E-state index < -0.39 is 19.3 Å². The number of hydrogen-bond donors (Lipinski definition) is 3. The molecule has 4 aromatic carbocycles. The van der Waals surface area contributed by atoms with Gasteiger partial charge in [0.25, 0.3) is 11.8 Å². The molecule has 6 rings (SSSR count). The molecule has 4 amide bonds. The van der Waals surface area contributed by atoms with Crippen LogP contribution in [0.1, 0.15) is 112 Å². The maximum absolute atomic E-state index is 13.2. The third-order valence-corrected chi connectivity index (χ3v) is 12.4. The number of hydrogen-bond acceptors (Lipinski definition) is 7. The zero-order chi connectivity index (χ0) is 45.2. The molecular formula is C49H63ClN5O6P. The third-order valence-electron chi connectivity index (χ3n) is 11.0. The van der Waals surface area contributed by atoms with Gasteiger partial charge in [0.1, 0.15) is 5.60 Å². The van der Waals surface area contributed by atoms with E-state index in [0.717, 1.165) is 58.8 Å². The zero-order valence-electron chi connectivity index (χ0n) is 37.4. The van der Waals surface area contributed by atoms with Crippen molar-refractivity contribution < 1.29 is 28.4 Å². The van der Waals surface area contributed by atoms with Gasteiger partial charge in [0.2, 0.25) is 5.91 Å². The Balaban J connectivity index is 0.000000814. The van der Waals surface area contributed by atoms with Crippen molar-refractivity contribution in [1.82, 2.24) is 15.5 Å². The number of anilines is 2. The Morgan fingerprint density at radius 2 is 1.48 bits per heavy atom. The summed E-state index contributed by atoms with van der Waals surface area (Å²) in [6.45, 7) is 17.0. The molecule has 11 nitrogen and oxygen atoms in total. The molecule has 13 heteroatoms. The number of fused-ring (bicyclic) bond motifs is 1. The highest BCUT2D eigenvalue weighted by atomic mass is 35.5. The van der Waals surface area contributed by atoms with Gasteiger partial charge in [-0.05, 0) is 163 Å². The highest BCUT2D eigenvalue weighted by Crippen LogP contribution is 2.35. The smallest absolute Gasteiger partial charge is 0.410 e. The van der Waals surface area contributed by atoms with E-state index in [9.17, 15) is 19.2 Å². The van der Waals surface area contributed by atoms with Crippen LogP contribution in [-0.4, -0.2) is 78.5 Å². The van der Waals surface area contributed by atoms with Crippen LogP contribution in [0, 0.1) is 0 Å². The number of nitrogens with two attached hydrogens (primary N) is 1. The van der Waals surface area contributed by atoms with Gasteiger partial charge in [-0.3, -0.25) is 14.4 Å². The quantitative estimate of drug-likeness (QED) is 0.101. The first kappa shape index (κ1) is 48.1. The predicted molar refractivity (Wildman–Crippen MR) is 252 cm³/mol. The van der Waals surface area contributed by atoms with E-state index in [1.165, 1.54) is 5.56 Å². The number of halogens is 1. The standard InChI is InChI=1S/C43H57N4O6P.C6H6ClN/c1-29-11-12-36-26-35(21-22-38(36)47(29)30(2)48)31-13-19-34(20-14-31)40(50)45-43(6,7)23-25-52-54(8)28-44-39(49)33-17-15-32(16-18-33)37-10-9-24-46(27-37)41(51)53-42(3,4)5;7-5-1-3-6(8)4-2-5/h13-22,26,29,37H,9-12,23-25,27-28H2,1-8H3,(H,44,49)(H,45,50);1-4H,8H2/t29-,37?,54?;/m0./s1. The van der Waals surface area contributed by atoms with Crippen molar-refractivity contribution in [3.05, 3.63) is 118 Å². The molecule has 2 unspecified atom stereocenters. The number of carbonyl (C=O) groups excluding carboxylic acids is 4. The summed E-state index contributed by atoms with van der Waals surface area (Å²) >= 11 is 5.56. The Hall–Kier alpha value is -4.96. The predicted octanol–water partition coefficient (Wildman–Crippen LogP) is 10.4. The lowest BCUT2D eigenvalue weighted by atomic mass is 9.90. The third kappa shape index (κ3) is 14.0. The van der Waals surface area contributed by atoms with Crippen molar-refractivity contribution in [2.45, 2.75) is 104 Å². The van der Waals surface area contributed by atoms with Crippen molar-refractivity contribution in [3.63, 3.8) is 0 Å². The fraction of sp³-hybridized carbons (Fsp3) is 0.429. The normalized spacial score (nSPS) is 16.9. The number of aryl methyl sites for hydroxylation is 1.